The number of nitrogens with zero attached hydrogens (tertiary/aromatic N) is 3. The number of hydrogen-bond donors (Lipinski definition) is 0. The molecule has 0 radical (unpaired) electrons. The van der Waals surface area contributed by atoms with E-state index in [-0.39, 0.29) is 0 Å². The lowest BCUT2D eigenvalue weighted by molar-refractivity contribution is 0.222. The van der Waals surface area contributed by atoms with Crippen molar-refractivity contribution >= 4 is 22.6 Å². The third-order valence-corrected chi connectivity index (χ3v) is 4.63. The van der Waals surface area contributed by atoms with Crippen LogP contribution in [-0.2, 0) is 19.5 Å². The summed E-state index contributed by atoms with van der Waals surface area (Å²) in [5.74, 6) is 1.83. The van der Waals surface area contributed by atoms with Crippen LogP contribution in [0.1, 0.15) is 17.0 Å². The Labute approximate surface area is 148 Å². The molecule has 1 aromatic carbocycles. The first-order valence-corrected chi connectivity index (χ1v) is 8.72. The minimum atomic E-state index is 0.818. The molecule has 116 valence electrons. The van der Waals surface area contributed by atoms with E-state index in [0.29, 0.717) is 0 Å². The van der Waals surface area contributed by atoms with Crippen molar-refractivity contribution in [2.45, 2.75) is 19.5 Å². The van der Waals surface area contributed by atoms with Gasteiger partial charge in [0.15, 0.2) is 9.59 Å². The van der Waals surface area contributed by atoms with Crippen molar-refractivity contribution in [1.29, 1.82) is 0 Å². The molecule has 2 aromatic heterocycles. The molecule has 0 saturated carbocycles. The molecule has 5 heteroatoms. The van der Waals surface area contributed by atoms with Crippen LogP contribution in [0.5, 0.6) is 0 Å². The first-order valence-electron chi connectivity index (χ1n) is 7.65. The van der Waals surface area contributed by atoms with Gasteiger partial charge in [0.05, 0.1) is 12.2 Å². The van der Waals surface area contributed by atoms with E-state index >= 15 is 0 Å². The Hall–Kier alpha value is -1.73. The van der Waals surface area contributed by atoms with Gasteiger partial charge in [0.25, 0.3) is 0 Å². The Balaban J connectivity index is 1.52. The molecule has 0 fully saturated rings. The van der Waals surface area contributed by atoms with Crippen molar-refractivity contribution < 1.29 is 4.42 Å². The van der Waals surface area contributed by atoms with Crippen LogP contribution in [0.4, 0.5) is 0 Å². The molecule has 1 aliphatic heterocycles. The Morgan fingerprint density at radius 2 is 2.00 bits per heavy atom. The summed E-state index contributed by atoms with van der Waals surface area (Å²) in [6.45, 7) is 2.71. The second-order valence-electron chi connectivity index (χ2n) is 5.70. The van der Waals surface area contributed by atoms with E-state index in [2.05, 4.69) is 44.6 Å². The SMILES string of the molecule is Ic1ccc(CN2CCc3nc(-c4ccccc4)ncc3C2)o1. The number of hydrogen-bond acceptors (Lipinski definition) is 4. The number of fused-ring (bicyclic) bond motifs is 1. The number of furan rings is 1. The van der Waals surface area contributed by atoms with Crippen LogP contribution in [0.2, 0.25) is 0 Å². The maximum Gasteiger partial charge on any atom is 0.164 e. The number of benzene rings is 1. The van der Waals surface area contributed by atoms with Gasteiger partial charge in [-0.15, -0.1) is 0 Å². The highest BCUT2D eigenvalue weighted by molar-refractivity contribution is 14.1. The van der Waals surface area contributed by atoms with E-state index in [9.17, 15) is 0 Å². The first kappa shape index (κ1) is 14.8. The first-order chi connectivity index (χ1) is 11.3. The largest absolute Gasteiger partial charge is 0.454 e. The molecule has 1 aliphatic rings. The Morgan fingerprint density at radius 1 is 1.13 bits per heavy atom. The van der Waals surface area contributed by atoms with Gasteiger partial charge in [-0.05, 0) is 34.7 Å². The van der Waals surface area contributed by atoms with Gasteiger partial charge in [-0.3, -0.25) is 4.90 Å². The standard InChI is InChI=1S/C18H16IN3O/c19-17-7-6-15(23-17)12-22-9-8-16-14(11-22)10-20-18(21-16)13-4-2-1-3-5-13/h1-7,10H,8-9,11-12H2. The Bertz CT molecular complexity index is 816. The van der Waals surface area contributed by atoms with Crippen LogP contribution < -0.4 is 0 Å². The number of aromatic nitrogens is 2. The van der Waals surface area contributed by atoms with Gasteiger partial charge < -0.3 is 4.42 Å². The molecular weight excluding hydrogens is 401 g/mol. The van der Waals surface area contributed by atoms with Crippen molar-refractivity contribution in [2.75, 3.05) is 6.54 Å². The Morgan fingerprint density at radius 3 is 2.78 bits per heavy atom. The molecule has 0 spiro atoms. The summed E-state index contributed by atoms with van der Waals surface area (Å²) in [6, 6.07) is 14.2. The second kappa shape index (κ2) is 6.41. The molecule has 0 amide bonds. The van der Waals surface area contributed by atoms with E-state index in [4.69, 9.17) is 9.40 Å². The van der Waals surface area contributed by atoms with Crippen LogP contribution in [-0.4, -0.2) is 21.4 Å². The molecular formula is C18H16IN3O. The van der Waals surface area contributed by atoms with Crippen molar-refractivity contribution in [3.05, 3.63) is 69.4 Å². The van der Waals surface area contributed by atoms with E-state index in [1.165, 1.54) is 11.3 Å². The molecule has 4 rings (SSSR count). The van der Waals surface area contributed by atoms with Gasteiger partial charge in [-0.2, -0.15) is 0 Å². The third kappa shape index (κ3) is 3.30. The van der Waals surface area contributed by atoms with Gasteiger partial charge in [0, 0.05) is 36.8 Å². The van der Waals surface area contributed by atoms with Gasteiger partial charge in [0.2, 0.25) is 0 Å². The van der Waals surface area contributed by atoms with Gasteiger partial charge in [-0.25, -0.2) is 9.97 Å². The molecule has 0 bridgehead atoms. The molecule has 0 unspecified atom stereocenters. The van der Waals surface area contributed by atoms with Crippen LogP contribution >= 0.6 is 22.6 Å². The maximum absolute atomic E-state index is 5.66. The van der Waals surface area contributed by atoms with Gasteiger partial charge in [0.1, 0.15) is 5.76 Å². The van der Waals surface area contributed by atoms with Crippen molar-refractivity contribution in [2.24, 2.45) is 0 Å². The molecule has 3 heterocycles. The fourth-order valence-corrected chi connectivity index (χ4v) is 3.36. The van der Waals surface area contributed by atoms with Crippen LogP contribution in [0.3, 0.4) is 0 Å². The van der Waals surface area contributed by atoms with Crippen molar-refractivity contribution in [1.82, 2.24) is 14.9 Å². The average molecular weight is 417 g/mol. The van der Waals surface area contributed by atoms with Gasteiger partial charge >= 0.3 is 0 Å². The smallest absolute Gasteiger partial charge is 0.164 e. The number of halogens is 1. The third-order valence-electron chi connectivity index (χ3n) is 4.05. The summed E-state index contributed by atoms with van der Waals surface area (Å²) in [5, 5.41) is 0. The predicted octanol–water partition coefficient (Wildman–Crippen LogP) is 3.90. The highest BCUT2D eigenvalue weighted by Crippen LogP contribution is 2.22. The normalized spacial score (nSPS) is 14.7. The fourth-order valence-electron chi connectivity index (χ4n) is 2.89. The van der Waals surface area contributed by atoms with Crippen LogP contribution in [0, 0.1) is 3.77 Å². The van der Waals surface area contributed by atoms with Crippen molar-refractivity contribution in [3.63, 3.8) is 0 Å². The molecule has 0 aliphatic carbocycles. The quantitative estimate of drug-likeness (QED) is 0.607. The highest BCUT2D eigenvalue weighted by Gasteiger charge is 2.19. The van der Waals surface area contributed by atoms with E-state index < -0.39 is 0 Å². The number of rotatable bonds is 3. The maximum atomic E-state index is 5.66. The topological polar surface area (TPSA) is 42.2 Å². The molecule has 0 atom stereocenters. The summed E-state index contributed by atoms with van der Waals surface area (Å²) < 4.78 is 6.60. The highest BCUT2D eigenvalue weighted by atomic mass is 127. The summed E-state index contributed by atoms with van der Waals surface area (Å²) >= 11 is 2.20. The van der Waals surface area contributed by atoms with Crippen molar-refractivity contribution in [3.8, 4) is 11.4 Å². The molecule has 3 aromatic rings. The monoisotopic (exact) mass is 417 g/mol. The summed E-state index contributed by atoms with van der Waals surface area (Å²) in [4.78, 5) is 11.7. The average Bonchev–Trinajstić information content (AvgIpc) is 3.00. The lowest BCUT2D eigenvalue weighted by Gasteiger charge is -2.27. The molecule has 0 N–H and O–H groups in total. The van der Waals surface area contributed by atoms with Crippen LogP contribution in [0.15, 0.2) is 53.1 Å². The Kier molecular flexibility index (Phi) is 4.13. The zero-order valence-corrected chi connectivity index (χ0v) is 14.7. The molecule has 0 saturated heterocycles. The summed E-state index contributed by atoms with van der Waals surface area (Å²) in [5.41, 5.74) is 3.46. The van der Waals surface area contributed by atoms with E-state index in [0.717, 1.165) is 47.0 Å². The lowest BCUT2D eigenvalue weighted by atomic mass is 10.1. The van der Waals surface area contributed by atoms with E-state index in [1.807, 2.05) is 36.5 Å². The summed E-state index contributed by atoms with van der Waals surface area (Å²) in [7, 11) is 0. The van der Waals surface area contributed by atoms with Gasteiger partial charge in [-0.1, -0.05) is 30.3 Å². The van der Waals surface area contributed by atoms with E-state index in [1.54, 1.807) is 0 Å². The minimum absolute atomic E-state index is 0.818. The fraction of sp³-hybridized carbons (Fsp3) is 0.222. The molecule has 23 heavy (non-hydrogen) atoms. The lowest BCUT2D eigenvalue weighted by Crippen LogP contribution is -2.30. The zero-order chi connectivity index (χ0) is 15.6. The molecule has 4 nitrogen and oxygen atoms in total. The van der Waals surface area contributed by atoms with Crippen LogP contribution in [0.25, 0.3) is 11.4 Å². The predicted molar refractivity (Wildman–Crippen MR) is 96.7 cm³/mol. The minimum Gasteiger partial charge on any atom is -0.454 e. The zero-order valence-electron chi connectivity index (χ0n) is 12.6. The summed E-state index contributed by atoms with van der Waals surface area (Å²) in [6.07, 6.45) is 2.93. The second-order valence-corrected chi connectivity index (χ2v) is 6.76.